The summed E-state index contributed by atoms with van der Waals surface area (Å²) in [4.78, 5) is 11.7. The maximum atomic E-state index is 6.22. The average Bonchev–Trinajstić information content (AvgIpc) is 3.23. The fraction of sp³-hybridized carbons (Fsp3) is 0.353. The fourth-order valence-corrected chi connectivity index (χ4v) is 3.12. The molecule has 0 atom stereocenters. The highest BCUT2D eigenvalue weighted by Crippen LogP contribution is 2.33. The molecule has 4 rings (SSSR count). The van der Waals surface area contributed by atoms with Gasteiger partial charge in [-0.25, -0.2) is 4.98 Å². The number of benzene rings is 1. The predicted molar refractivity (Wildman–Crippen MR) is 94.2 cm³/mol. The zero-order valence-corrected chi connectivity index (χ0v) is 13.9. The first-order chi connectivity index (χ1) is 11.7. The second-order valence-electron chi connectivity index (χ2n) is 6.00. The molecule has 124 valence electrons. The van der Waals surface area contributed by atoms with Gasteiger partial charge in [0, 0.05) is 25.7 Å². The number of nitrogen functional groups attached to an aromatic ring is 1. The molecule has 0 bridgehead atoms. The van der Waals surface area contributed by atoms with Gasteiger partial charge in [-0.1, -0.05) is 0 Å². The van der Waals surface area contributed by atoms with Crippen molar-refractivity contribution in [3.63, 3.8) is 0 Å². The molecule has 1 saturated heterocycles. The molecule has 2 aromatic heterocycles. The lowest BCUT2D eigenvalue weighted by atomic mass is 10.1. The first-order valence-electron chi connectivity index (χ1n) is 8.07. The first-order valence-corrected chi connectivity index (χ1v) is 8.07. The summed E-state index contributed by atoms with van der Waals surface area (Å²) < 4.78 is 6.90. The van der Waals surface area contributed by atoms with Crippen LogP contribution in [-0.4, -0.2) is 39.9 Å². The molecule has 0 saturated carbocycles. The first kappa shape index (κ1) is 14.7. The molecule has 0 aliphatic carbocycles. The lowest BCUT2D eigenvalue weighted by Gasteiger charge is -2.16. The van der Waals surface area contributed by atoms with Gasteiger partial charge in [-0.3, -0.25) is 4.68 Å². The molecule has 2 N–H and O–H groups in total. The number of aryl methyl sites for hydroxylation is 1. The summed E-state index contributed by atoms with van der Waals surface area (Å²) in [5.74, 6) is 2.11. The van der Waals surface area contributed by atoms with Gasteiger partial charge in [0.15, 0.2) is 5.65 Å². The number of fused-ring (bicyclic) bond motifs is 1. The Morgan fingerprint density at radius 1 is 1.08 bits per heavy atom. The molecule has 7 nitrogen and oxygen atoms in total. The van der Waals surface area contributed by atoms with E-state index in [0.29, 0.717) is 11.5 Å². The van der Waals surface area contributed by atoms with Crippen molar-refractivity contribution in [2.75, 3.05) is 30.8 Å². The molecule has 0 radical (unpaired) electrons. The van der Waals surface area contributed by atoms with Gasteiger partial charge in [0.25, 0.3) is 0 Å². The Morgan fingerprint density at radius 2 is 1.79 bits per heavy atom. The zero-order valence-electron chi connectivity index (χ0n) is 13.9. The lowest BCUT2D eigenvalue weighted by molar-refractivity contribution is 0.415. The number of hydrogen-bond acceptors (Lipinski definition) is 6. The van der Waals surface area contributed by atoms with Crippen molar-refractivity contribution in [1.29, 1.82) is 0 Å². The highest BCUT2D eigenvalue weighted by atomic mass is 16.5. The van der Waals surface area contributed by atoms with Crippen LogP contribution < -0.4 is 15.4 Å². The van der Waals surface area contributed by atoms with Crippen molar-refractivity contribution in [2.45, 2.75) is 12.8 Å². The van der Waals surface area contributed by atoms with Crippen LogP contribution in [0.15, 0.2) is 24.3 Å². The van der Waals surface area contributed by atoms with Gasteiger partial charge in [-0.15, -0.1) is 0 Å². The Hall–Kier alpha value is -2.83. The minimum absolute atomic E-state index is 0.573. The molecule has 0 spiro atoms. The molecule has 1 fully saturated rings. The van der Waals surface area contributed by atoms with Crippen molar-refractivity contribution < 1.29 is 4.74 Å². The van der Waals surface area contributed by atoms with E-state index in [1.54, 1.807) is 11.8 Å². The third-order valence-corrected chi connectivity index (χ3v) is 4.48. The molecule has 1 aromatic carbocycles. The smallest absolute Gasteiger partial charge is 0.228 e. The Labute approximate surface area is 140 Å². The van der Waals surface area contributed by atoms with Gasteiger partial charge in [0.2, 0.25) is 5.95 Å². The SMILES string of the molecule is COc1ccc(-c2nc(N3CCCC3)nc3nn(C)c(N)c23)cc1. The quantitative estimate of drug-likeness (QED) is 0.795. The highest BCUT2D eigenvalue weighted by molar-refractivity contribution is 5.98. The summed E-state index contributed by atoms with van der Waals surface area (Å²) in [7, 11) is 3.48. The van der Waals surface area contributed by atoms with E-state index < -0.39 is 0 Å². The van der Waals surface area contributed by atoms with Crippen LogP contribution in [0, 0.1) is 0 Å². The Kier molecular flexibility index (Phi) is 3.48. The van der Waals surface area contributed by atoms with Crippen LogP contribution in [0.2, 0.25) is 0 Å². The molecular formula is C17H20N6O. The largest absolute Gasteiger partial charge is 0.497 e. The molecule has 1 aliphatic heterocycles. The summed E-state index contributed by atoms with van der Waals surface area (Å²) in [5, 5.41) is 5.25. The Morgan fingerprint density at radius 3 is 2.46 bits per heavy atom. The molecule has 3 heterocycles. The number of nitrogens with zero attached hydrogens (tertiary/aromatic N) is 5. The molecule has 1 aliphatic rings. The van der Waals surface area contributed by atoms with Gasteiger partial charge in [-0.2, -0.15) is 10.1 Å². The number of anilines is 2. The van der Waals surface area contributed by atoms with E-state index in [1.807, 2.05) is 31.3 Å². The third-order valence-electron chi connectivity index (χ3n) is 4.48. The van der Waals surface area contributed by atoms with Gasteiger partial charge < -0.3 is 15.4 Å². The summed E-state index contributed by atoms with van der Waals surface area (Å²) in [5.41, 5.74) is 8.65. The maximum Gasteiger partial charge on any atom is 0.228 e. The van der Waals surface area contributed by atoms with E-state index in [9.17, 15) is 0 Å². The number of methoxy groups -OCH3 is 1. The molecule has 0 amide bonds. The van der Waals surface area contributed by atoms with Crippen molar-refractivity contribution in [2.24, 2.45) is 7.05 Å². The van der Waals surface area contributed by atoms with E-state index in [1.165, 1.54) is 12.8 Å². The number of rotatable bonds is 3. The van der Waals surface area contributed by atoms with Crippen molar-refractivity contribution >= 4 is 22.8 Å². The van der Waals surface area contributed by atoms with Crippen molar-refractivity contribution in [3.8, 4) is 17.0 Å². The number of nitrogens with two attached hydrogens (primary N) is 1. The van der Waals surface area contributed by atoms with Crippen LogP contribution in [0.1, 0.15) is 12.8 Å². The van der Waals surface area contributed by atoms with Crippen LogP contribution in [0.3, 0.4) is 0 Å². The minimum atomic E-state index is 0.573. The van der Waals surface area contributed by atoms with Crippen molar-refractivity contribution in [1.82, 2.24) is 19.7 Å². The summed E-state index contributed by atoms with van der Waals surface area (Å²) in [6, 6.07) is 7.82. The van der Waals surface area contributed by atoms with E-state index in [0.717, 1.165) is 41.4 Å². The fourth-order valence-electron chi connectivity index (χ4n) is 3.12. The van der Waals surface area contributed by atoms with E-state index >= 15 is 0 Å². The second kappa shape index (κ2) is 5.67. The standard InChI is InChI=1S/C17H20N6O/c1-22-15(18)13-14(11-5-7-12(24-2)8-6-11)19-17(20-16(13)21-22)23-9-3-4-10-23/h5-8H,3-4,9-10,18H2,1-2H3. The minimum Gasteiger partial charge on any atom is -0.497 e. The van der Waals surface area contributed by atoms with Gasteiger partial charge in [0.05, 0.1) is 18.2 Å². The topological polar surface area (TPSA) is 82.1 Å². The molecule has 0 unspecified atom stereocenters. The number of ether oxygens (including phenoxy) is 1. The van der Waals surface area contributed by atoms with Crippen LogP contribution in [0.5, 0.6) is 5.75 Å². The molecular weight excluding hydrogens is 304 g/mol. The van der Waals surface area contributed by atoms with Crippen molar-refractivity contribution in [3.05, 3.63) is 24.3 Å². The van der Waals surface area contributed by atoms with Crippen LogP contribution in [-0.2, 0) is 7.05 Å². The Bertz CT molecular complexity index is 880. The zero-order chi connectivity index (χ0) is 16.7. The summed E-state index contributed by atoms with van der Waals surface area (Å²) in [6.07, 6.45) is 2.34. The molecule has 3 aromatic rings. The van der Waals surface area contributed by atoms with Gasteiger partial charge in [0.1, 0.15) is 11.6 Å². The highest BCUT2D eigenvalue weighted by Gasteiger charge is 2.21. The van der Waals surface area contributed by atoms with Crippen LogP contribution in [0.25, 0.3) is 22.3 Å². The summed E-state index contributed by atoms with van der Waals surface area (Å²) >= 11 is 0. The van der Waals surface area contributed by atoms with E-state index in [-0.39, 0.29) is 0 Å². The average molecular weight is 324 g/mol. The van der Waals surface area contributed by atoms with E-state index in [4.69, 9.17) is 15.5 Å². The maximum absolute atomic E-state index is 6.22. The van der Waals surface area contributed by atoms with E-state index in [2.05, 4.69) is 15.0 Å². The van der Waals surface area contributed by atoms with Gasteiger partial charge in [-0.05, 0) is 37.1 Å². The normalized spacial score (nSPS) is 14.5. The summed E-state index contributed by atoms with van der Waals surface area (Å²) in [6.45, 7) is 1.96. The number of aromatic nitrogens is 4. The van der Waals surface area contributed by atoms with Crippen LogP contribution >= 0.6 is 0 Å². The van der Waals surface area contributed by atoms with Crippen LogP contribution in [0.4, 0.5) is 11.8 Å². The predicted octanol–water partition coefficient (Wildman–Crippen LogP) is 2.22. The second-order valence-corrected chi connectivity index (χ2v) is 6.00. The third kappa shape index (κ3) is 2.33. The van der Waals surface area contributed by atoms with Gasteiger partial charge >= 0.3 is 0 Å². The lowest BCUT2D eigenvalue weighted by Crippen LogP contribution is -2.20. The monoisotopic (exact) mass is 324 g/mol. The molecule has 24 heavy (non-hydrogen) atoms. The molecule has 7 heteroatoms. The Balaban J connectivity index is 1.92. The number of hydrogen-bond donors (Lipinski definition) is 1.